The second kappa shape index (κ2) is 8.54. The molecule has 2 aliphatic heterocycles. The smallest absolute Gasteiger partial charge is 0.244 e. The van der Waals surface area contributed by atoms with Gasteiger partial charge in [-0.25, -0.2) is 8.42 Å². The molecule has 2 aromatic rings. The molecule has 3 heterocycles. The minimum atomic E-state index is -3.75. The summed E-state index contributed by atoms with van der Waals surface area (Å²) in [6.07, 6.45) is 6.41. The summed E-state index contributed by atoms with van der Waals surface area (Å²) in [6, 6.07) is 12.1. The summed E-state index contributed by atoms with van der Waals surface area (Å²) in [6.45, 7) is 1.29. The largest absolute Gasteiger partial charge is 0.335 e. The highest BCUT2D eigenvalue weighted by molar-refractivity contribution is 7.89. The highest BCUT2D eigenvalue weighted by Gasteiger charge is 2.38. The van der Waals surface area contributed by atoms with Crippen LogP contribution in [0.1, 0.15) is 42.9 Å². The highest BCUT2D eigenvalue weighted by Crippen LogP contribution is 2.35. The number of carbonyl (C=O) groups is 1. The first-order valence-corrected chi connectivity index (χ1v) is 11.7. The van der Waals surface area contributed by atoms with Crippen LogP contribution >= 0.6 is 0 Å². The van der Waals surface area contributed by atoms with E-state index in [0.29, 0.717) is 12.8 Å². The average Bonchev–Trinajstić information content (AvgIpc) is 3.29. The lowest BCUT2D eigenvalue weighted by molar-refractivity contribution is -0.137. The summed E-state index contributed by atoms with van der Waals surface area (Å²) < 4.78 is 27.4. The fourth-order valence-electron chi connectivity index (χ4n) is 4.45. The second-order valence-electron chi connectivity index (χ2n) is 7.76. The van der Waals surface area contributed by atoms with E-state index in [4.69, 9.17) is 0 Å². The van der Waals surface area contributed by atoms with Crippen molar-refractivity contribution in [3.8, 4) is 6.07 Å². The lowest BCUT2D eigenvalue weighted by Gasteiger charge is -2.34. The third-order valence-electron chi connectivity index (χ3n) is 6.03. The van der Waals surface area contributed by atoms with E-state index in [1.54, 1.807) is 18.3 Å². The van der Waals surface area contributed by atoms with Crippen LogP contribution < -0.4 is 0 Å². The zero-order valence-electron chi connectivity index (χ0n) is 16.6. The van der Waals surface area contributed by atoms with Crippen LogP contribution in [0, 0.1) is 17.2 Å². The number of sulfonamides is 1. The quantitative estimate of drug-likeness (QED) is 0.752. The van der Waals surface area contributed by atoms with Crippen LogP contribution in [0.15, 0.2) is 53.7 Å². The fourth-order valence-corrected chi connectivity index (χ4v) is 6.06. The molecule has 0 radical (unpaired) electrons. The first kappa shape index (κ1) is 20.5. The average molecular weight is 425 g/mol. The van der Waals surface area contributed by atoms with Crippen molar-refractivity contribution in [2.75, 3.05) is 19.6 Å². The molecule has 4 rings (SSSR count). The van der Waals surface area contributed by atoms with E-state index >= 15 is 0 Å². The Morgan fingerprint density at radius 1 is 1.07 bits per heavy atom. The van der Waals surface area contributed by atoms with Crippen molar-refractivity contribution in [2.24, 2.45) is 5.92 Å². The van der Waals surface area contributed by atoms with E-state index in [2.05, 4.69) is 4.98 Å². The number of nitriles is 1. The third kappa shape index (κ3) is 3.83. The number of piperidine rings is 1. The Hall–Kier alpha value is -2.76. The first-order chi connectivity index (χ1) is 14.5. The molecule has 1 aromatic heterocycles. The van der Waals surface area contributed by atoms with Gasteiger partial charge >= 0.3 is 0 Å². The number of hydrogen-bond donors (Lipinski definition) is 0. The molecule has 8 heteroatoms. The summed E-state index contributed by atoms with van der Waals surface area (Å²) in [4.78, 5) is 19.4. The van der Waals surface area contributed by atoms with Crippen LogP contribution in [0.3, 0.4) is 0 Å². The Labute approximate surface area is 177 Å². The molecule has 2 saturated heterocycles. The molecule has 0 N–H and O–H groups in total. The van der Waals surface area contributed by atoms with Crippen LogP contribution in [-0.4, -0.2) is 48.1 Å². The molecule has 0 spiro atoms. The molecular weight excluding hydrogens is 400 g/mol. The SMILES string of the molecule is N#Cc1ccccc1S(=O)(=O)N1CCC(C(=O)N2CCC[C@H]2c2cccnc2)CC1. The summed E-state index contributed by atoms with van der Waals surface area (Å²) in [5.41, 5.74) is 1.20. The van der Waals surface area contributed by atoms with Crippen LogP contribution in [0.5, 0.6) is 0 Å². The molecule has 0 aliphatic carbocycles. The summed E-state index contributed by atoms with van der Waals surface area (Å²) in [5, 5.41) is 9.25. The van der Waals surface area contributed by atoms with Gasteiger partial charge in [-0.1, -0.05) is 18.2 Å². The zero-order chi connectivity index (χ0) is 21.1. The molecule has 1 amide bonds. The van der Waals surface area contributed by atoms with Gasteiger partial charge in [-0.05, 0) is 49.4 Å². The normalized spacial score (nSPS) is 20.8. The van der Waals surface area contributed by atoms with Gasteiger partial charge in [-0.2, -0.15) is 9.57 Å². The number of carbonyl (C=O) groups excluding carboxylic acids is 1. The van der Waals surface area contributed by atoms with Crippen molar-refractivity contribution in [3.63, 3.8) is 0 Å². The van der Waals surface area contributed by atoms with Crippen LogP contribution in [0.2, 0.25) is 0 Å². The molecule has 2 fully saturated rings. The minimum absolute atomic E-state index is 0.0356. The Morgan fingerprint density at radius 3 is 2.53 bits per heavy atom. The standard InChI is InChI=1S/C22H24N4O3S/c23-15-18-5-1-2-8-21(18)30(28,29)25-13-9-17(10-14-25)22(27)26-12-4-7-20(26)19-6-3-11-24-16-19/h1-3,5-6,8,11,16-17,20H,4,7,9-10,12-14H2/t20-/m0/s1. The van der Waals surface area contributed by atoms with Gasteiger partial charge in [0, 0.05) is 37.9 Å². The maximum Gasteiger partial charge on any atom is 0.244 e. The fraction of sp³-hybridized carbons (Fsp3) is 0.409. The van der Waals surface area contributed by atoms with Crippen molar-refractivity contribution in [2.45, 2.75) is 36.6 Å². The van der Waals surface area contributed by atoms with Gasteiger partial charge in [0.05, 0.1) is 16.5 Å². The predicted octanol–water partition coefficient (Wildman–Crippen LogP) is 2.72. The zero-order valence-corrected chi connectivity index (χ0v) is 17.5. The lowest BCUT2D eigenvalue weighted by atomic mass is 9.95. The van der Waals surface area contributed by atoms with E-state index in [1.165, 1.54) is 16.4 Å². The van der Waals surface area contributed by atoms with Crippen molar-refractivity contribution in [3.05, 3.63) is 59.9 Å². The van der Waals surface area contributed by atoms with E-state index in [9.17, 15) is 18.5 Å². The molecule has 0 bridgehead atoms. The van der Waals surface area contributed by atoms with Gasteiger partial charge in [0.15, 0.2) is 0 Å². The van der Waals surface area contributed by atoms with Crippen molar-refractivity contribution in [1.29, 1.82) is 5.26 Å². The van der Waals surface area contributed by atoms with Crippen LogP contribution in [0.4, 0.5) is 0 Å². The van der Waals surface area contributed by atoms with E-state index < -0.39 is 10.0 Å². The molecule has 30 heavy (non-hydrogen) atoms. The number of pyridine rings is 1. The van der Waals surface area contributed by atoms with Gasteiger partial charge in [0.25, 0.3) is 0 Å². The van der Waals surface area contributed by atoms with Gasteiger partial charge in [0.1, 0.15) is 6.07 Å². The Bertz CT molecular complexity index is 1060. The van der Waals surface area contributed by atoms with Crippen LogP contribution in [0.25, 0.3) is 0 Å². The molecule has 0 saturated carbocycles. The third-order valence-corrected chi connectivity index (χ3v) is 7.99. The van der Waals surface area contributed by atoms with Crippen molar-refractivity contribution in [1.82, 2.24) is 14.2 Å². The van der Waals surface area contributed by atoms with Gasteiger partial charge in [-0.3, -0.25) is 9.78 Å². The summed E-state index contributed by atoms with van der Waals surface area (Å²) >= 11 is 0. The van der Waals surface area contributed by atoms with E-state index in [-0.39, 0.29) is 41.4 Å². The maximum atomic E-state index is 13.2. The minimum Gasteiger partial charge on any atom is -0.335 e. The predicted molar refractivity (Wildman–Crippen MR) is 111 cm³/mol. The van der Waals surface area contributed by atoms with Crippen molar-refractivity contribution >= 4 is 15.9 Å². The van der Waals surface area contributed by atoms with Crippen LogP contribution in [-0.2, 0) is 14.8 Å². The Kier molecular flexibility index (Phi) is 5.84. The molecular formula is C22H24N4O3S. The number of aromatic nitrogens is 1. The highest BCUT2D eigenvalue weighted by atomic mass is 32.2. The number of rotatable bonds is 4. The number of hydrogen-bond acceptors (Lipinski definition) is 5. The molecule has 156 valence electrons. The molecule has 1 atom stereocenters. The second-order valence-corrected chi connectivity index (χ2v) is 9.67. The lowest BCUT2D eigenvalue weighted by Crippen LogP contribution is -2.44. The number of benzene rings is 1. The van der Waals surface area contributed by atoms with E-state index in [0.717, 1.165) is 24.9 Å². The van der Waals surface area contributed by atoms with E-state index in [1.807, 2.05) is 29.3 Å². The Balaban J connectivity index is 1.44. The summed E-state index contributed by atoms with van der Waals surface area (Å²) in [5.74, 6) is -0.0734. The Morgan fingerprint density at radius 2 is 1.83 bits per heavy atom. The molecule has 7 nitrogen and oxygen atoms in total. The molecule has 1 aromatic carbocycles. The summed E-state index contributed by atoms with van der Waals surface area (Å²) in [7, 11) is -3.75. The van der Waals surface area contributed by atoms with Gasteiger partial charge in [-0.15, -0.1) is 0 Å². The topological polar surface area (TPSA) is 94.4 Å². The van der Waals surface area contributed by atoms with Crippen molar-refractivity contribution < 1.29 is 13.2 Å². The number of nitrogens with zero attached hydrogens (tertiary/aromatic N) is 4. The van der Waals surface area contributed by atoms with Gasteiger partial charge < -0.3 is 4.90 Å². The number of amides is 1. The molecule has 0 unspecified atom stereocenters. The first-order valence-electron chi connectivity index (χ1n) is 10.2. The monoisotopic (exact) mass is 424 g/mol. The van der Waals surface area contributed by atoms with Gasteiger partial charge in [0.2, 0.25) is 15.9 Å². The maximum absolute atomic E-state index is 13.2. The number of likely N-dealkylation sites (tertiary alicyclic amines) is 1. The molecule has 2 aliphatic rings.